The van der Waals surface area contributed by atoms with E-state index in [1.165, 1.54) is 64.3 Å². The van der Waals surface area contributed by atoms with E-state index in [1.54, 1.807) is 0 Å². The van der Waals surface area contributed by atoms with Gasteiger partial charge in [0, 0.05) is 48.0 Å². The number of hydrogen-bond acceptors (Lipinski definition) is 3. The van der Waals surface area contributed by atoms with Gasteiger partial charge >= 0.3 is 0 Å². The second-order valence-corrected chi connectivity index (χ2v) is 15.4. The summed E-state index contributed by atoms with van der Waals surface area (Å²) in [6, 6.07) is 61.7. The van der Waals surface area contributed by atoms with Crippen molar-refractivity contribution in [2.45, 2.75) is 12.8 Å². The molecule has 1 aliphatic carbocycles. The van der Waals surface area contributed by atoms with Crippen molar-refractivity contribution in [2.75, 3.05) is 4.90 Å². The molecule has 0 amide bonds. The molecular formula is C52H35NOS. The smallest absolute Gasteiger partial charge is 0.136 e. The molecule has 2 heterocycles. The molecule has 0 unspecified atom stereocenters. The lowest BCUT2D eigenvalue weighted by molar-refractivity contribution is 0.669. The van der Waals surface area contributed by atoms with Crippen LogP contribution < -0.4 is 4.90 Å². The van der Waals surface area contributed by atoms with Crippen molar-refractivity contribution in [3.05, 3.63) is 194 Å². The summed E-state index contributed by atoms with van der Waals surface area (Å²) in [6.07, 6.45) is 9.05. The molecule has 0 atom stereocenters. The minimum absolute atomic E-state index is 0.881. The molecule has 3 heteroatoms. The Balaban J connectivity index is 1.09. The van der Waals surface area contributed by atoms with Gasteiger partial charge in [0.05, 0.1) is 0 Å². The zero-order chi connectivity index (χ0) is 36.3. The van der Waals surface area contributed by atoms with Crippen molar-refractivity contribution in [2.24, 2.45) is 0 Å². The maximum Gasteiger partial charge on any atom is 0.136 e. The molecule has 55 heavy (non-hydrogen) atoms. The normalized spacial score (nSPS) is 13.0. The first-order chi connectivity index (χ1) is 27.3. The molecule has 10 aromatic rings. The maximum atomic E-state index is 6.77. The molecule has 0 N–H and O–H groups in total. The third kappa shape index (κ3) is 5.39. The number of rotatable bonds is 6. The van der Waals surface area contributed by atoms with Crippen molar-refractivity contribution in [3.8, 4) is 22.3 Å². The minimum Gasteiger partial charge on any atom is -0.456 e. The Morgan fingerprint density at radius 1 is 0.436 bits per heavy atom. The molecule has 1 aliphatic rings. The zero-order valence-electron chi connectivity index (χ0n) is 30.1. The SMILES string of the molecule is C1=CC(c2ccc(N(c3ccc(-c4ccccc4)cc3)c3ccc4oc5cc(-c6cccc7sc8ccccc8c67)c6ccccc6c5c4c3)cc2)=CCC1. The number of hydrogen-bond donors (Lipinski definition) is 0. The van der Waals surface area contributed by atoms with E-state index in [9.17, 15) is 0 Å². The lowest BCUT2D eigenvalue weighted by Gasteiger charge is -2.26. The van der Waals surface area contributed by atoms with Crippen molar-refractivity contribution >= 4 is 86.9 Å². The number of allylic oxidation sites excluding steroid dienone is 4. The third-order valence-corrected chi connectivity index (χ3v) is 12.2. The largest absolute Gasteiger partial charge is 0.456 e. The van der Waals surface area contributed by atoms with Crippen LogP contribution in [0.2, 0.25) is 0 Å². The molecular weight excluding hydrogens is 687 g/mol. The van der Waals surface area contributed by atoms with Crippen molar-refractivity contribution < 1.29 is 4.42 Å². The standard InChI is InChI=1S/C52H35NOS/c1-3-12-34(13-4-1)36-22-26-38(27-23-36)53(39-28-24-37(25-29-39)35-14-5-2-6-15-35)40-30-31-47-46(32-40)51-42-17-8-7-16-41(42)45(33-48(51)54-47)43-19-11-21-50-52(43)44-18-9-10-20-49(44)55-50/h1,3-5,7-33H,2,6H2. The monoisotopic (exact) mass is 721 g/mol. The number of nitrogens with zero attached hydrogens (tertiary/aromatic N) is 1. The highest BCUT2D eigenvalue weighted by Crippen LogP contribution is 2.46. The van der Waals surface area contributed by atoms with Crippen LogP contribution in [0.4, 0.5) is 17.1 Å². The summed E-state index contributed by atoms with van der Waals surface area (Å²) in [6.45, 7) is 0. The molecule has 0 spiro atoms. The molecule has 260 valence electrons. The molecule has 11 rings (SSSR count). The van der Waals surface area contributed by atoms with E-state index in [4.69, 9.17) is 4.42 Å². The summed E-state index contributed by atoms with van der Waals surface area (Å²) in [5, 5.41) is 7.27. The first-order valence-corrected chi connectivity index (χ1v) is 19.8. The van der Waals surface area contributed by atoms with Crippen molar-refractivity contribution in [3.63, 3.8) is 0 Å². The van der Waals surface area contributed by atoms with Gasteiger partial charge < -0.3 is 9.32 Å². The fourth-order valence-electron chi connectivity index (χ4n) is 8.50. The Morgan fingerprint density at radius 2 is 1.11 bits per heavy atom. The second-order valence-electron chi connectivity index (χ2n) is 14.3. The fraction of sp³-hybridized carbons (Fsp3) is 0.0385. The van der Waals surface area contributed by atoms with Gasteiger partial charge in [-0.25, -0.2) is 0 Å². The van der Waals surface area contributed by atoms with E-state index in [0.717, 1.165) is 51.8 Å². The number of furan rings is 1. The van der Waals surface area contributed by atoms with E-state index in [-0.39, 0.29) is 0 Å². The van der Waals surface area contributed by atoms with Gasteiger partial charge in [-0.15, -0.1) is 11.3 Å². The van der Waals surface area contributed by atoms with Crippen LogP contribution in [-0.4, -0.2) is 0 Å². The molecule has 0 saturated carbocycles. The molecule has 2 nitrogen and oxygen atoms in total. The van der Waals surface area contributed by atoms with Crippen LogP contribution in [0.5, 0.6) is 0 Å². The number of anilines is 3. The maximum absolute atomic E-state index is 6.77. The topological polar surface area (TPSA) is 16.4 Å². The first kappa shape index (κ1) is 31.8. The van der Waals surface area contributed by atoms with Gasteiger partial charge in [-0.1, -0.05) is 127 Å². The highest BCUT2D eigenvalue weighted by Gasteiger charge is 2.20. The van der Waals surface area contributed by atoms with Crippen LogP contribution in [0.15, 0.2) is 193 Å². The van der Waals surface area contributed by atoms with E-state index >= 15 is 0 Å². The van der Waals surface area contributed by atoms with Crippen molar-refractivity contribution in [1.29, 1.82) is 0 Å². The van der Waals surface area contributed by atoms with Crippen LogP contribution in [0, 0.1) is 0 Å². The van der Waals surface area contributed by atoms with Gasteiger partial charge in [0.1, 0.15) is 11.2 Å². The summed E-state index contributed by atoms with van der Waals surface area (Å²) < 4.78 is 9.38. The Morgan fingerprint density at radius 3 is 1.89 bits per heavy atom. The van der Waals surface area contributed by atoms with Crippen LogP contribution >= 0.6 is 11.3 Å². The average molecular weight is 722 g/mol. The number of fused-ring (bicyclic) bond motifs is 8. The predicted octanol–water partition coefficient (Wildman–Crippen LogP) is 15.6. The lowest BCUT2D eigenvalue weighted by Crippen LogP contribution is -2.10. The van der Waals surface area contributed by atoms with Gasteiger partial charge in [-0.2, -0.15) is 0 Å². The summed E-state index contributed by atoms with van der Waals surface area (Å²) in [7, 11) is 0. The van der Waals surface area contributed by atoms with Gasteiger partial charge in [-0.05, 0) is 118 Å². The Bertz CT molecular complexity index is 3130. The quantitative estimate of drug-likeness (QED) is 0.170. The zero-order valence-corrected chi connectivity index (χ0v) is 30.9. The van der Waals surface area contributed by atoms with Gasteiger partial charge in [0.2, 0.25) is 0 Å². The Labute approximate surface area is 323 Å². The van der Waals surface area contributed by atoms with Crippen LogP contribution in [0.25, 0.3) is 80.7 Å². The van der Waals surface area contributed by atoms with Crippen LogP contribution in [0.1, 0.15) is 18.4 Å². The van der Waals surface area contributed by atoms with Crippen LogP contribution in [0.3, 0.4) is 0 Å². The second kappa shape index (κ2) is 13.0. The highest BCUT2D eigenvalue weighted by atomic mass is 32.1. The predicted molar refractivity (Wildman–Crippen MR) is 236 cm³/mol. The summed E-state index contributed by atoms with van der Waals surface area (Å²) in [5.74, 6) is 0. The molecule has 0 fully saturated rings. The summed E-state index contributed by atoms with van der Waals surface area (Å²) in [5.41, 5.74) is 12.4. The van der Waals surface area contributed by atoms with Gasteiger partial charge in [0.15, 0.2) is 0 Å². The van der Waals surface area contributed by atoms with E-state index in [1.807, 2.05) is 11.3 Å². The molecule has 0 saturated heterocycles. The molecule has 0 aliphatic heterocycles. The highest BCUT2D eigenvalue weighted by molar-refractivity contribution is 7.25. The minimum atomic E-state index is 0.881. The first-order valence-electron chi connectivity index (χ1n) is 19.0. The average Bonchev–Trinajstić information content (AvgIpc) is 3.83. The summed E-state index contributed by atoms with van der Waals surface area (Å²) in [4.78, 5) is 2.36. The molecule has 0 radical (unpaired) electrons. The summed E-state index contributed by atoms with van der Waals surface area (Å²) >= 11 is 1.86. The number of thiophene rings is 1. The van der Waals surface area contributed by atoms with E-state index < -0.39 is 0 Å². The van der Waals surface area contributed by atoms with E-state index in [2.05, 4.69) is 193 Å². The number of benzene rings is 8. The molecule has 8 aromatic carbocycles. The molecule has 0 bridgehead atoms. The lowest BCUT2D eigenvalue weighted by atomic mass is 9.92. The van der Waals surface area contributed by atoms with Gasteiger partial charge in [0.25, 0.3) is 0 Å². The molecule has 2 aromatic heterocycles. The van der Waals surface area contributed by atoms with Gasteiger partial charge in [-0.3, -0.25) is 0 Å². The van der Waals surface area contributed by atoms with Crippen molar-refractivity contribution in [1.82, 2.24) is 0 Å². The Kier molecular flexibility index (Phi) is 7.53. The Hall–Kier alpha value is -6.68. The third-order valence-electron chi connectivity index (χ3n) is 11.1. The van der Waals surface area contributed by atoms with Crippen LogP contribution in [-0.2, 0) is 0 Å². The fourth-order valence-corrected chi connectivity index (χ4v) is 9.63. The van der Waals surface area contributed by atoms with E-state index in [0.29, 0.717) is 0 Å².